The molecule has 1 rings (SSSR count). The fourth-order valence-electron chi connectivity index (χ4n) is 1.50. The Bertz CT molecular complexity index is 319. The molecule has 0 aliphatic carbocycles. The van der Waals surface area contributed by atoms with Gasteiger partial charge < -0.3 is 4.57 Å². The lowest BCUT2D eigenvalue weighted by Crippen LogP contribution is -2.27. The maximum Gasteiger partial charge on any atom is 0.142 e. The van der Waals surface area contributed by atoms with Crippen LogP contribution < -0.4 is 0 Å². The number of hydrogen-bond acceptors (Lipinski definition) is 3. The molecule has 0 radical (unpaired) electrons. The van der Waals surface area contributed by atoms with Crippen LogP contribution in [0, 0.1) is 11.3 Å². The summed E-state index contributed by atoms with van der Waals surface area (Å²) in [6.07, 6.45) is 3.62. The van der Waals surface area contributed by atoms with Gasteiger partial charge in [-0.15, -0.1) is 0 Å². The van der Waals surface area contributed by atoms with Crippen molar-refractivity contribution < 1.29 is 0 Å². The molecule has 14 heavy (non-hydrogen) atoms. The molecule has 1 atom stereocenters. The summed E-state index contributed by atoms with van der Waals surface area (Å²) < 4.78 is 1.86. The van der Waals surface area contributed by atoms with Gasteiger partial charge in [-0.2, -0.15) is 5.26 Å². The van der Waals surface area contributed by atoms with Crippen molar-refractivity contribution in [2.45, 2.75) is 19.9 Å². The minimum absolute atomic E-state index is 0.216. The second-order valence-corrected chi connectivity index (χ2v) is 3.22. The van der Waals surface area contributed by atoms with Gasteiger partial charge in [-0.1, -0.05) is 13.8 Å². The van der Waals surface area contributed by atoms with Gasteiger partial charge in [-0.05, 0) is 13.1 Å². The van der Waals surface area contributed by atoms with Crippen LogP contribution in [0.2, 0.25) is 0 Å². The van der Waals surface area contributed by atoms with E-state index >= 15 is 0 Å². The Labute approximate surface area is 84.8 Å². The Morgan fingerprint density at radius 2 is 2.21 bits per heavy atom. The van der Waals surface area contributed by atoms with E-state index in [4.69, 9.17) is 5.26 Å². The molecule has 76 valence electrons. The van der Waals surface area contributed by atoms with E-state index in [2.05, 4.69) is 29.8 Å². The minimum atomic E-state index is -0.216. The van der Waals surface area contributed by atoms with E-state index in [0.29, 0.717) is 0 Å². The maximum absolute atomic E-state index is 9.08. The summed E-state index contributed by atoms with van der Waals surface area (Å²) in [6, 6.07) is 2.07. The number of hydrogen-bond donors (Lipinski definition) is 0. The third-order valence-electron chi connectivity index (χ3n) is 2.30. The lowest BCUT2D eigenvalue weighted by atomic mass is 10.2. The number of nitrogens with zero attached hydrogens (tertiary/aromatic N) is 4. The van der Waals surface area contributed by atoms with Gasteiger partial charge in [0.2, 0.25) is 0 Å². The van der Waals surface area contributed by atoms with Crippen molar-refractivity contribution >= 4 is 0 Å². The summed E-state index contributed by atoms with van der Waals surface area (Å²) in [5.41, 5.74) is 0.832. The molecule has 1 heterocycles. The van der Waals surface area contributed by atoms with Crippen molar-refractivity contribution in [3.8, 4) is 6.07 Å². The van der Waals surface area contributed by atoms with Gasteiger partial charge in [-0.25, -0.2) is 4.98 Å². The van der Waals surface area contributed by atoms with Crippen molar-refractivity contribution in [1.82, 2.24) is 14.5 Å². The van der Waals surface area contributed by atoms with Crippen molar-refractivity contribution in [3.05, 3.63) is 18.2 Å². The lowest BCUT2D eigenvalue weighted by molar-refractivity contribution is 0.259. The van der Waals surface area contributed by atoms with Crippen LogP contribution in [0.15, 0.2) is 12.5 Å². The third kappa shape index (κ3) is 2.12. The zero-order chi connectivity index (χ0) is 10.6. The Morgan fingerprint density at radius 3 is 2.57 bits per heavy atom. The van der Waals surface area contributed by atoms with Gasteiger partial charge in [0.1, 0.15) is 6.04 Å². The van der Waals surface area contributed by atoms with Crippen LogP contribution in [0.3, 0.4) is 0 Å². The first-order chi connectivity index (χ1) is 6.72. The number of aromatic nitrogens is 2. The van der Waals surface area contributed by atoms with E-state index in [1.54, 1.807) is 6.33 Å². The van der Waals surface area contributed by atoms with Gasteiger partial charge in [0.05, 0.1) is 18.1 Å². The topological polar surface area (TPSA) is 44.9 Å². The second-order valence-electron chi connectivity index (χ2n) is 3.22. The molecule has 0 fully saturated rings. The first-order valence-corrected chi connectivity index (χ1v) is 4.84. The molecule has 0 saturated carbocycles. The molecule has 0 aliphatic rings. The fraction of sp³-hybridized carbons (Fsp3) is 0.600. The molecule has 1 aromatic heterocycles. The molecule has 1 aromatic rings. The Balaban J connectivity index is 2.87. The van der Waals surface area contributed by atoms with Crippen LogP contribution in [-0.2, 0) is 7.05 Å². The zero-order valence-corrected chi connectivity index (χ0v) is 8.94. The van der Waals surface area contributed by atoms with E-state index < -0.39 is 0 Å². The number of imidazole rings is 1. The van der Waals surface area contributed by atoms with Crippen molar-refractivity contribution in [2.24, 2.45) is 7.05 Å². The van der Waals surface area contributed by atoms with Crippen LogP contribution in [0.5, 0.6) is 0 Å². The van der Waals surface area contributed by atoms with E-state index in [9.17, 15) is 0 Å². The van der Waals surface area contributed by atoms with Crippen molar-refractivity contribution in [1.29, 1.82) is 5.26 Å². The van der Waals surface area contributed by atoms with E-state index in [1.807, 2.05) is 17.8 Å². The Hall–Kier alpha value is -1.34. The maximum atomic E-state index is 9.08. The highest BCUT2D eigenvalue weighted by atomic mass is 15.2. The normalized spacial score (nSPS) is 12.8. The zero-order valence-electron chi connectivity index (χ0n) is 8.94. The predicted molar refractivity (Wildman–Crippen MR) is 54.5 cm³/mol. The molecule has 4 heteroatoms. The number of rotatable bonds is 4. The molecule has 0 N–H and O–H groups in total. The largest absolute Gasteiger partial charge is 0.340 e. The summed E-state index contributed by atoms with van der Waals surface area (Å²) in [5.74, 6) is 0. The van der Waals surface area contributed by atoms with E-state index in [1.165, 1.54) is 0 Å². The standard InChI is InChI=1S/C10H16N4/c1-4-14(5-2)10(6-11)9-7-13(3)8-12-9/h7-8,10H,4-5H2,1-3H3. The number of nitriles is 1. The van der Waals surface area contributed by atoms with Gasteiger partial charge >= 0.3 is 0 Å². The first-order valence-electron chi connectivity index (χ1n) is 4.84. The molecule has 0 saturated heterocycles. The van der Waals surface area contributed by atoms with Gasteiger partial charge in [0.25, 0.3) is 0 Å². The predicted octanol–water partition coefficient (Wildman–Crippen LogP) is 1.33. The van der Waals surface area contributed by atoms with Crippen LogP contribution in [0.1, 0.15) is 25.6 Å². The molecule has 0 amide bonds. The molecular weight excluding hydrogens is 176 g/mol. The van der Waals surface area contributed by atoms with Crippen LogP contribution in [0.25, 0.3) is 0 Å². The molecular formula is C10H16N4. The highest BCUT2D eigenvalue weighted by molar-refractivity contribution is 5.12. The average Bonchev–Trinajstić information content (AvgIpc) is 2.60. The van der Waals surface area contributed by atoms with E-state index in [-0.39, 0.29) is 6.04 Å². The Morgan fingerprint density at radius 1 is 1.57 bits per heavy atom. The Kier molecular flexibility index (Phi) is 3.66. The van der Waals surface area contributed by atoms with E-state index in [0.717, 1.165) is 18.8 Å². The van der Waals surface area contributed by atoms with Crippen LogP contribution in [-0.4, -0.2) is 27.5 Å². The molecule has 0 aromatic carbocycles. The third-order valence-corrected chi connectivity index (χ3v) is 2.30. The summed E-state index contributed by atoms with van der Waals surface area (Å²) in [4.78, 5) is 6.29. The summed E-state index contributed by atoms with van der Waals surface area (Å²) >= 11 is 0. The van der Waals surface area contributed by atoms with Gasteiger partial charge in [-0.3, -0.25) is 4.90 Å². The SMILES string of the molecule is CCN(CC)C(C#N)c1cn(C)cn1. The quantitative estimate of drug-likeness (QED) is 0.723. The average molecular weight is 192 g/mol. The first kappa shape index (κ1) is 10.7. The molecule has 1 unspecified atom stereocenters. The highest BCUT2D eigenvalue weighted by Crippen LogP contribution is 2.16. The second kappa shape index (κ2) is 4.77. The molecule has 4 nitrogen and oxygen atoms in total. The smallest absolute Gasteiger partial charge is 0.142 e. The monoisotopic (exact) mass is 192 g/mol. The summed E-state index contributed by atoms with van der Waals surface area (Å²) in [6.45, 7) is 5.84. The summed E-state index contributed by atoms with van der Waals surface area (Å²) in [5, 5.41) is 9.08. The van der Waals surface area contributed by atoms with Crippen LogP contribution >= 0.6 is 0 Å². The molecule has 0 bridgehead atoms. The summed E-state index contributed by atoms with van der Waals surface area (Å²) in [7, 11) is 1.91. The minimum Gasteiger partial charge on any atom is -0.340 e. The van der Waals surface area contributed by atoms with Crippen molar-refractivity contribution in [3.63, 3.8) is 0 Å². The van der Waals surface area contributed by atoms with Crippen LogP contribution in [0.4, 0.5) is 0 Å². The highest BCUT2D eigenvalue weighted by Gasteiger charge is 2.18. The van der Waals surface area contributed by atoms with Gasteiger partial charge in [0.15, 0.2) is 0 Å². The van der Waals surface area contributed by atoms with Crippen molar-refractivity contribution in [2.75, 3.05) is 13.1 Å². The molecule has 0 spiro atoms. The van der Waals surface area contributed by atoms with Gasteiger partial charge in [0, 0.05) is 13.2 Å². The molecule has 0 aliphatic heterocycles. The fourth-order valence-corrected chi connectivity index (χ4v) is 1.50. The number of aryl methyl sites for hydroxylation is 1. The lowest BCUT2D eigenvalue weighted by Gasteiger charge is -2.22.